The van der Waals surface area contributed by atoms with E-state index in [2.05, 4.69) is 22.5 Å². The highest BCUT2D eigenvalue weighted by molar-refractivity contribution is 5.79. The van der Waals surface area contributed by atoms with E-state index in [0.717, 1.165) is 49.0 Å². The first-order valence-corrected chi connectivity index (χ1v) is 8.48. The zero-order valence-electron chi connectivity index (χ0n) is 15.1. The largest absolute Gasteiger partial charge is 0.493 e. The monoisotopic (exact) mass is 335 g/mol. The Bertz CT molecular complexity index is 554. The number of methoxy groups -OCH3 is 1. The van der Waals surface area contributed by atoms with Gasteiger partial charge in [-0.05, 0) is 44.4 Å². The van der Waals surface area contributed by atoms with E-state index in [1.165, 1.54) is 0 Å². The second-order valence-corrected chi connectivity index (χ2v) is 6.10. The van der Waals surface area contributed by atoms with E-state index in [0.29, 0.717) is 13.2 Å². The molecule has 1 aliphatic rings. The van der Waals surface area contributed by atoms with E-state index in [-0.39, 0.29) is 5.60 Å². The van der Waals surface area contributed by atoms with E-state index in [1.54, 1.807) is 14.2 Å². The first-order chi connectivity index (χ1) is 11.6. The van der Waals surface area contributed by atoms with E-state index >= 15 is 0 Å². The summed E-state index contributed by atoms with van der Waals surface area (Å²) >= 11 is 0. The van der Waals surface area contributed by atoms with Crippen molar-refractivity contribution in [3.8, 4) is 11.5 Å². The summed E-state index contributed by atoms with van der Waals surface area (Å²) in [6.45, 7) is 6.95. The van der Waals surface area contributed by atoms with Crippen LogP contribution in [0.1, 0.15) is 32.3 Å². The van der Waals surface area contributed by atoms with Crippen LogP contribution in [-0.4, -0.2) is 45.5 Å². The van der Waals surface area contributed by atoms with Crippen LogP contribution in [0.3, 0.4) is 0 Å². The van der Waals surface area contributed by atoms with Crippen LogP contribution < -0.4 is 20.1 Å². The highest BCUT2D eigenvalue weighted by atomic mass is 16.5. The number of guanidine groups is 1. The van der Waals surface area contributed by atoms with Gasteiger partial charge in [-0.3, -0.25) is 4.99 Å². The molecule has 0 saturated carbocycles. The van der Waals surface area contributed by atoms with Crippen LogP contribution in [0.4, 0.5) is 0 Å². The molecule has 0 amide bonds. The van der Waals surface area contributed by atoms with Gasteiger partial charge < -0.3 is 24.8 Å². The maximum atomic E-state index is 5.79. The molecule has 134 valence electrons. The van der Waals surface area contributed by atoms with Crippen molar-refractivity contribution < 1.29 is 14.2 Å². The fourth-order valence-electron chi connectivity index (χ4n) is 2.75. The van der Waals surface area contributed by atoms with E-state index in [1.807, 2.05) is 25.1 Å². The lowest BCUT2D eigenvalue weighted by molar-refractivity contribution is 0.0243. The first-order valence-electron chi connectivity index (χ1n) is 8.48. The molecule has 1 fully saturated rings. The Balaban J connectivity index is 1.89. The van der Waals surface area contributed by atoms with Crippen molar-refractivity contribution in [3.63, 3.8) is 0 Å². The van der Waals surface area contributed by atoms with Crippen LogP contribution in [0.25, 0.3) is 0 Å². The molecule has 1 heterocycles. The molecule has 0 bridgehead atoms. The SMILES string of the molecule is CCOc1cc(CNC(=NC)NCC2(C)CCCO2)ccc1OC. The van der Waals surface area contributed by atoms with Crippen LogP contribution in [-0.2, 0) is 11.3 Å². The van der Waals surface area contributed by atoms with Crippen LogP contribution in [0.2, 0.25) is 0 Å². The average molecular weight is 335 g/mol. The normalized spacial score (nSPS) is 20.8. The molecule has 6 nitrogen and oxygen atoms in total. The molecule has 1 atom stereocenters. The van der Waals surface area contributed by atoms with Gasteiger partial charge in [-0.25, -0.2) is 0 Å². The smallest absolute Gasteiger partial charge is 0.191 e. The molecule has 1 unspecified atom stereocenters. The second kappa shape index (κ2) is 8.78. The van der Waals surface area contributed by atoms with Crippen LogP contribution in [0.15, 0.2) is 23.2 Å². The van der Waals surface area contributed by atoms with E-state index in [9.17, 15) is 0 Å². The molecule has 0 radical (unpaired) electrons. The predicted octanol–water partition coefficient (Wildman–Crippen LogP) is 2.33. The lowest BCUT2D eigenvalue weighted by atomic mass is 10.0. The summed E-state index contributed by atoms with van der Waals surface area (Å²) in [5, 5.41) is 6.66. The minimum atomic E-state index is -0.0974. The number of nitrogens with one attached hydrogen (secondary N) is 2. The summed E-state index contributed by atoms with van der Waals surface area (Å²) < 4.78 is 16.7. The molecular weight excluding hydrogens is 306 g/mol. The molecule has 1 aromatic carbocycles. The third-order valence-electron chi connectivity index (χ3n) is 4.14. The van der Waals surface area contributed by atoms with Gasteiger partial charge in [0.25, 0.3) is 0 Å². The Morgan fingerprint density at radius 2 is 2.17 bits per heavy atom. The summed E-state index contributed by atoms with van der Waals surface area (Å²) in [5.41, 5.74) is 1.00. The zero-order chi connectivity index (χ0) is 17.4. The van der Waals surface area contributed by atoms with E-state index in [4.69, 9.17) is 14.2 Å². The fraction of sp³-hybridized carbons (Fsp3) is 0.611. The first kappa shape index (κ1) is 18.4. The van der Waals surface area contributed by atoms with Crippen LogP contribution in [0.5, 0.6) is 11.5 Å². The quantitative estimate of drug-likeness (QED) is 0.591. The molecule has 1 aliphatic heterocycles. The molecule has 0 spiro atoms. The molecule has 1 saturated heterocycles. The molecule has 2 rings (SSSR count). The second-order valence-electron chi connectivity index (χ2n) is 6.10. The summed E-state index contributed by atoms with van der Waals surface area (Å²) in [4.78, 5) is 4.27. The van der Waals surface area contributed by atoms with Gasteiger partial charge >= 0.3 is 0 Å². The molecule has 24 heavy (non-hydrogen) atoms. The van der Waals surface area contributed by atoms with Gasteiger partial charge in [0.2, 0.25) is 0 Å². The zero-order valence-corrected chi connectivity index (χ0v) is 15.1. The number of nitrogens with zero attached hydrogens (tertiary/aromatic N) is 1. The van der Waals surface area contributed by atoms with Gasteiger partial charge in [-0.15, -0.1) is 0 Å². The number of aliphatic imine (C=N–C) groups is 1. The molecule has 1 aromatic rings. The third kappa shape index (κ3) is 5.03. The summed E-state index contributed by atoms with van der Waals surface area (Å²) in [7, 11) is 3.42. The molecular formula is C18H29N3O3. The summed E-state index contributed by atoms with van der Waals surface area (Å²) in [5.74, 6) is 2.27. The van der Waals surface area contributed by atoms with Crippen molar-refractivity contribution in [2.75, 3.05) is 33.9 Å². The van der Waals surface area contributed by atoms with Gasteiger partial charge in [0.15, 0.2) is 17.5 Å². The fourth-order valence-corrected chi connectivity index (χ4v) is 2.75. The standard InChI is InChI=1S/C18H29N3O3/c1-5-23-16-11-14(7-8-15(16)22-4)12-20-17(19-3)21-13-18(2)9-6-10-24-18/h7-8,11H,5-6,9-10,12-13H2,1-4H3,(H2,19,20,21). The molecule has 0 aromatic heterocycles. The Hall–Kier alpha value is -1.95. The maximum Gasteiger partial charge on any atom is 0.191 e. The van der Waals surface area contributed by atoms with Crippen molar-refractivity contribution in [1.29, 1.82) is 0 Å². The number of hydrogen-bond acceptors (Lipinski definition) is 4. The van der Waals surface area contributed by atoms with Crippen molar-refractivity contribution in [2.24, 2.45) is 4.99 Å². The van der Waals surface area contributed by atoms with Gasteiger partial charge in [0.05, 0.1) is 19.3 Å². The lowest BCUT2D eigenvalue weighted by Gasteiger charge is -2.24. The van der Waals surface area contributed by atoms with Gasteiger partial charge in [-0.2, -0.15) is 0 Å². The Labute approximate surface area is 144 Å². The van der Waals surface area contributed by atoms with Crippen molar-refractivity contribution in [2.45, 2.75) is 38.8 Å². The highest BCUT2D eigenvalue weighted by Gasteiger charge is 2.29. The maximum absolute atomic E-state index is 5.79. The topological polar surface area (TPSA) is 64.1 Å². The number of rotatable bonds is 7. The lowest BCUT2D eigenvalue weighted by Crippen LogP contribution is -2.45. The third-order valence-corrected chi connectivity index (χ3v) is 4.14. The predicted molar refractivity (Wildman–Crippen MR) is 96.0 cm³/mol. The van der Waals surface area contributed by atoms with Gasteiger partial charge in [-0.1, -0.05) is 6.07 Å². The number of hydrogen-bond donors (Lipinski definition) is 2. The van der Waals surface area contributed by atoms with Gasteiger partial charge in [0.1, 0.15) is 0 Å². The van der Waals surface area contributed by atoms with Crippen molar-refractivity contribution in [1.82, 2.24) is 10.6 Å². The number of ether oxygens (including phenoxy) is 3. The van der Waals surface area contributed by atoms with Crippen LogP contribution >= 0.6 is 0 Å². The molecule has 0 aliphatic carbocycles. The van der Waals surface area contributed by atoms with Crippen LogP contribution in [0, 0.1) is 0 Å². The van der Waals surface area contributed by atoms with Crippen molar-refractivity contribution >= 4 is 5.96 Å². The van der Waals surface area contributed by atoms with Crippen molar-refractivity contribution in [3.05, 3.63) is 23.8 Å². The molecule has 2 N–H and O–H groups in total. The summed E-state index contributed by atoms with van der Waals surface area (Å²) in [6, 6.07) is 5.93. The molecule has 6 heteroatoms. The highest BCUT2D eigenvalue weighted by Crippen LogP contribution is 2.28. The van der Waals surface area contributed by atoms with E-state index < -0.39 is 0 Å². The minimum Gasteiger partial charge on any atom is -0.493 e. The minimum absolute atomic E-state index is 0.0974. The van der Waals surface area contributed by atoms with Gasteiger partial charge in [0, 0.05) is 26.7 Å². The summed E-state index contributed by atoms with van der Waals surface area (Å²) in [6.07, 6.45) is 2.20. The Kier molecular flexibility index (Phi) is 6.73. The average Bonchev–Trinajstić information content (AvgIpc) is 3.02. The Morgan fingerprint density at radius 1 is 1.33 bits per heavy atom. The number of benzene rings is 1. The Morgan fingerprint density at radius 3 is 2.79 bits per heavy atom.